The number of nitrogens with zero attached hydrogens (tertiary/aromatic N) is 1. The number of aryl methyl sites for hydroxylation is 1. The average Bonchev–Trinajstić information content (AvgIpc) is 3.17. The van der Waals surface area contributed by atoms with Gasteiger partial charge in [-0.1, -0.05) is 13.8 Å². The molecule has 0 atom stereocenters. The summed E-state index contributed by atoms with van der Waals surface area (Å²) in [6.45, 7) is 7.51. The zero-order valence-corrected chi connectivity index (χ0v) is 12.2. The Balaban J connectivity index is 2.01. The lowest BCUT2D eigenvalue weighted by Gasteiger charge is -2.19. The summed E-state index contributed by atoms with van der Waals surface area (Å²) in [6.07, 6.45) is 3.50. The molecule has 106 valence electrons. The Labute approximate surface area is 118 Å². The monoisotopic (exact) mass is 273 g/mol. The number of hydrogen-bond acceptors (Lipinski definition) is 4. The first-order valence-corrected chi connectivity index (χ1v) is 6.96. The highest BCUT2D eigenvalue weighted by molar-refractivity contribution is 5.53. The van der Waals surface area contributed by atoms with Crippen LogP contribution in [-0.2, 0) is 10.3 Å². The number of carbonyl (C=O) groups excluding carboxylic acids is 1. The molecule has 0 amide bonds. The summed E-state index contributed by atoms with van der Waals surface area (Å²) < 4.78 is 11.8. The molecular weight excluding hydrogens is 254 g/mol. The molecule has 1 aromatic carbocycles. The Hall–Kier alpha value is -1.80. The van der Waals surface area contributed by atoms with Crippen molar-refractivity contribution in [3.8, 4) is 11.5 Å². The minimum atomic E-state index is -0.369. The van der Waals surface area contributed by atoms with E-state index in [1.807, 2.05) is 19.1 Å². The Morgan fingerprint density at radius 3 is 2.30 bits per heavy atom. The van der Waals surface area contributed by atoms with Gasteiger partial charge in [-0.25, -0.2) is 4.79 Å². The SMILES string of the molecule is Cc1cc2c(cc1C1(N=C=O)CC1)OCC(C)(C)CO2. The molecule has 1 saturated carbocycles. The van der Waals surface area contributed by atoms with Crippen molar-refractivity contribution in [2.45, 2.75) is 39.2 Å². The van der Waals surface area contributed by atoms with E-state index in [4.69, 9.17) is 9.47 Å². The van der Waals surface area contributed by atoms with E-state index in [2.05, 4.69) is 18.8 Å². The lowest BCUT2D eigenvalue weighted by molar-refractivity contribution is 0.140. The summed E-state index contributed by atoms with van der Waals surface area (Å²) in [7, 11) is 0. The molecule has 3 rings (SSSR count). The molecule has 0 radical (unpaired) electrons. The van der Waals surface area contributed by atoms with Gasteiger partial charge in [0.05, 0.1) is 18.8 Å². The van der Waals surface area contributed by atoms with Crippen molar-refractivity contribution in [1.29, 1.82) is 0 Å². The molecule has 0 bridgehead atoms. The molecule has 0 spiro atoms. The normalized spacial score (nSPS) is 21.6. The number of fused-ring (bicyclic) bond motifs is 1. The summed E-state index contributed by atoms with van der Waals surface area (Å²) in [5.74, 6) is 1.53. The number of rotatable bonds is 2. The summed E-state index contributed by atoms with van der Waals surface area (Å²) in [5, 5.41) is 0. The topological polar surface area (TPSA) is 47.9 Å². The molecule has 2 aliphatic rings. The fourth-order valence-corrected chi connectivity index (χ4v) is 2.62. The zero-order chi connectivity index (χ0) is 14.4. The van der Waals surface area contributed by atoms with Gasteiger partial charge < -0.3 is 9.47 Å². The van der Waals surface area contributed by atoms with Gasteiger partial charge in [0.2, 0.25) is 6.08 Å². The first kappa shape index (κ1) is 13.2. The minimum absolute atomic E-state index is 0.00863. The van der Waals surface area contributed by atoms with E-state index >= 15 is 0 Å². The highest BCUT2D eigenvalue weighted by Crippen LogP contribution is 2.52. The van der Waals surface area contributed by atoms with Crippen LogP contribution >= 0.6 is 0 Å². The molecule has 1 fully saturated rings. The molecule has 1 aliphatic heterocycles. The summed E-state index contributed by atoms with van der Waals surface area (Å²) in [6, 6.07) is 3.98. The second-order valence-corrected chi connectivity index (χ2v) is 6.59. The lowest BCUT2D eigenvalue weighted by atomic mass is 9.97. The average molecular weight is 273 g/mol. The third kappa shape index (κ3) is 2.20. The number of hydrogen-bond donors (Lipinski definition) is 0. The molecule has 1 aliphatic carbocycles. The highest BCUT2D eigenvalue weighted by Gasteiger charge is 2.46. The van der Waals surface area contributed by atoms with Gasteiger partial charge in [0.15, 0.2) is 11.5 Å². The molecule has 4 heteroatoms. The Kier molecular flexibility index (Phi) is 2.87. The van der Waals surface area contributed by atoms with Crippen LogP contribution in [0.4, 0.5) is 0 Å². The third-order valence-corrected chi connectivity index (χ3v) is 4.01. The zero-order valence-electron chi connectivity index (χ0n) is 12.2. The van der Waals surface area contributed by atoms with E-state index in [9.17, 15) is 4.79 Å². The Morgan fingerprint density at radius 1 is 1.15 bits per heavy atom. The number of benzene rings is 1. The van der Waals surface area contributed by atoms with E-state index < -0.39 is 0 Å². The Morgan fingerprint density at radius 2 is 1.75 bits per heavy atom. The summed E-state index contributed by atoms with van der Waals surface area (Å²) in [4.78, 5) is 14.6. The van der Waals surface area contributed by atoms with Crippen LogP contribution in [0.5, 0.6) is 11.5 Å². The molecule has 1 aromatic rings. The molecule has 0 saturated heterocycles. The Bertz CT molecular complexity index is 596. The van der Waals surface area contributed by atoms with Crippen molar-refractivity contribution < 1.29 is 14.3 Å². The van der Waals surface area contributed by atoms with E-state index in [0.717, 1.165) is 35.5 Å². The molecule has 20 heavy (non-hydrogen) atoms. The number of aliphatic imine (C=N–C) groups is 1. The minimum Gasteiger partial charge on any atom is -0.489 e. The van der Waals surface area contributed by atoms with E-state index in [-0.39, 0.29) is 11.0 Å². The number of ether oxygens (including phenoxy) is 2. The molecule has 0 unspecified atom stereocenters. The molecule has 0 N–H and O–H groups in total. The smallest absolute Gasteiger partial charge is 0.235 e. The van der Waals surface area contributed by atoms with Crippen molar-refractivity contribution in [2.75, 3.05) is 13.2 Å². The molecule has 0 aromatic heterocycles. The van der Waals surface area contributed by atoms with E-state index in [1.54, 1.807) is 6.08 Å². The van der Waals surface area contributed by atoms with Crippen LogP contribution in [0.15, 0.2) is 17.1 Å². The van der Waals surface area contributed by atoms with Crippen LogP contribution in [0.3, 0.4) is 0 Å². The lowest BCUT2D eigenvalue weighted by Crippen LogP contribution is -2.26. The fourth-order valence-electron chi connectivity index (χ4n) is 2.62. The number of isocyanates is 1. The fraction of sp³-hybridized carbons (Fsp3) is 0.562. The van der Waals surface area contributed by atoms with Crippen LogP contribution in [0.2, 0.25) is 0 Å². The largest absolute Gasteiger partial charge is 0.489 e. The van der Waals surface area contributed by atoms with Crippen molar-refractivity contribution in [3.05, 3.63) is 23.3 Å². The van der Waals surface area contributed by atoms with Gasteiger partial charge in [0.25, 0.3) is 0 Å². The van der Waals surface area contributed by atoms with Gasteiger partial charge in [-0.15, -0.1) is 0 Å². The van der Waals surface area contributed by atoms with E-state index in [0.29, 0.717) is 13.2 Å². The van der Waals surface area contributed by atoms with Crippen molar-refractivity contribution in [1.82, 2.24) is 0 Å². The third-order valence-electron chi connectivity index (χ3n) is 4.01. The highest BCUT2D eigenvalue weighted by atomic mass is 16.5. The van der Waals surface area contributed by atoms with Crippen molar-refractivity contribution in [3.63, 3.8) is 0 Å². The predicted octanol–water partition coefficient (Wildman–Crippen LogP) is 3.12. The maximum atomic E-state index is 10.6. The quantitative estimate of drug-likeness (QED) is 0.614. The maximum absolute atomic E-state index is 10.6. The van der Waals surface area contributed by atoms with Crippen molar-refractivity contribution in [2.24, 2.45) is 10.4 Å². The first-order valence-electron chi connectivity index (χ1n) is 6.96. The maximum Gasteiger partial charge on any atom is 0.235 e. The molecule has 1 heterocycles. The van der Waals surface area contributed by atoms with Crippen LogP contribution in [-0.4, -0.2) is 19.3 Å². The van der Waals surface area contributed by atoms with Gasteiger partial charge in [0, 0.05) is 5.41 Å². The van der Waals surface area contributed by atoms with Gasteiger partial charge >= 0.3 is 0 Å². The van der Waals surface area contributed by atoms with Gasteiger partial charge in [0.1, 0.15) is 0 Å². The van der Waals surface area contributed by atoms with Crippen LogP contribution in [0.1, 0.15) is 37.8 Å². The summed E-state index contributed by atoms with van der Waals surface area (Å²) in [5.41, 5.74) is 1.77. The van der Waals surface area contributed by atoms with Crippen molar-refractivity contribution >= 4 is 6.08 Å². The first-order chi connectivity index (χ1) is 9.46. The second-order valence-electron chi connectivity index (χ2n) is 6.59. The van der Waals surface area contributed by atoms with Crippen LogP contribution in [0, 0.1) is 12.3 Å². The summed E-state index contributed by atoms with van der Waals surface area (Å²) >= 11 is 0. The van der Waals surface area contributed by atoms with Gasteiger partial charge in [-0.05, 0) is 43.0 Å². The molecular formula is C16H19NO3. The van der Waals surface area contributed by atoms with Crippen LogP contribution in [0.25, 0.3) is 0 Å². The van der Waals surface area contributed by atoms with Gasteiger partial charge in [-0.3, -0.25) is 0 Å². The second kappa shape index (κ2) is 4.35. The van der Waals surface area contributed by atoms with E-state index in [1.165, 1.54) is 0 Å². The molecule has 4 nitrogen and oxygen atoms in total. The predicted molar refractivity (Wildman–Crippen MR) is 75.0 cm³/mol. The van der Waals surface area contributed by atoms with Crippen LogP contribution < -0.4 is 9.47 Å². The van der Waals surface area contributed by atoms with Gasteiger partial charge in [-0.2, -0.15) is 4.99 Å². The standard InChI is InChI=1S/C16H19NO3/c1-11-6-13-14(20-9-15(2,3)8-19-13)7-12(11)16(4-5-16)17-10-18/h6-7H,4-5,8-9H2,1-3H3.